The van der Waals surface area contributed by atoms with Gasteiger partial charge in [-0.3, -0.25) is 4.79 Å². The van der Waals surface area contributed by atoms with Crippen molar-refractivity contribution in [1.82, 2.24) is 0 Å². The number of amides is 1. The lowest BCUT2D eigenvalue weighted by Crippen LogP contribution is -2.13. The number of hydrogen-bond donors (Lipinski definition) is 1. The molecule has 0 bridgehead atoms. The average Bonchev–Trinajstić information content (AvgIpc) is 2.84. The van der Waals surface area contributed by atoms with E-state index in [1.165, 1.54) is 18.3 Å². The quantitative estimate of drug-likeness (QED) is 0.633. The van der Waals surface area contributed by atoms with E-state index >= 15 is 0 Å². The van der Waals surface area contributed by atoms with Gasteiger partial charge in [-0.15, -0.1) is 5.10 Å². The van der Waals surface area contributed by atoms with E-state index in [1.807, 2.05) is 6.07 Å². The SMILES string of the molecule is O=C1Nc2ccc(Br)cc2/C1=N/N=Cc1ccc(OC(F)F)cc1. The predicted molar refractivity (Wildman–Crippen MR) is 90.0 cm³/mol. The smallest absolute Gasteiger partial charge is 0.387 e. The zero-order valence-corrected chi connectivity index (χ0v) is 13.6. The minimum atomic E-state index is -2.86. The first kappa shape index (κ1) is 16.3. The number of hydrogen-bond acceptors (Lipinski definition) is 4. The molecule has 0 unspecified atom stereocenters. The van der Waals surface area contributed by atoms with Crippen molar-refractivity contribution in [2.24, 2.45) is 10.2 Å². The van der Waals surface area contributed by atoms with Crippen LogP contribution in [0.2, 0.25) is 0 Å². The van der Waals surface area contributed by atoms with Crippen molar-refractivity contribution in [3.8, 4) is 5.75 Å². The number of alkyl halides is 2. The lowest BCUT2D eigenvalue weighted by molar-refractivity contribution is -0.110. The van der Waals surface area contributed by atoms with Gasteiger partial charge in [-0.2, -0.15) is 13.9 Å². The number of nitrogens with zero attached hydrogens (tertiary/aromatic N) is 2. The van der Waals surface area contributed by atoms with E-state index in [2.05, 4.69) is 36.2 Å². The summed E-state index contributed by atoms with van der Waals surface area (Å²) in [4.78, 5) is 11.9. The van der Waals surface area contributed by atoms with Gasteiger partial charge in [0.25, 0.3) is 5.91 Å². The van der Waals surface area contributed by atoms with Gasteiger partial charge in [-0.25, -0.2) is 0 Å². The Kier molecular flexibility index (Phi) is 4.66. The normalized spacial score (nSPS) is 15.2. The number of anilines is 1. The molecule has 0 saturated heterocycles. The third-order valence-corrected chi connectivity index (χ3v) is 3.66. The summed E-state index contributed by atoms with van der Waals surface area (Å²) in [6, 6.07) is 11.3. The van der Waals surface area contributed by atoms with Gasteiger partial charge in [0.1, 0.15) is 5.75 Å². The van der Waals surface area contributed by atoms with E-state index in [-0.39, 0.29) is 17.4 Å². The Hall–Kier alpha value is -2.61. The monoisotopic (exact) mass is 393 g/mol. The van der Waals surface area contributed by atoms with Crippen LogP contribution in [0.5, 0.6) is 5.75 Å². The van der Waals surface area contributed by atoms with Crippen molar-refractivity contribution in [2.75, 3.05) is 5.32 Å². The molecule has 3 rings (SSSR count). The molecule has 0 fully saturated rings. The van der Waals surface area contributed by atoms with Gasteiger partial charge >= 0.3 is 6.61 Å². The second-order valence-corrected chi connectivity index (χ2v) is 5.70. The van der Waals surface area contributed by atoms with Crippen LogP contribution in [-0.2, 0) is 4.79 Å². The number of benzene rings is 2. The molecule has 24 heavy (non-hydrogen) atoms. The van der Waals surface area contributed by atoms with E-state index in [1.54, 1.807) is 24.3 Å². The minimum absolute atomic E-state index is 0.0578. The van der Waals surface area contributed by atoms with Gasteiger partial charge in [0.15, 0.2) is 5.71 Å². The molecular weight excluding hydrogens is 384 g/mol. The number of carbonyl (C=O) groups excluding carboxylic acids is 1. The minimum Gasteiger partial charge on any atom is -0.435 e. The van der Waals surface area contributed by atoms with Crippen molar-refractivity contribution >= 4 is 39.5 Å². The number of fused-ring (bicyclic) bond motifs is 1. The topological polar surface area (TPSA) is 63.0 Å². The fourth-order valence-corrected chi connectivity index (χ4v) is 2.47. The Balaban J connectivity index is 1.77. The van der Waals surface area contributed by atoms with Crippen LogP contribution in [0.15, 0.2) is 57.1 Å². The summed E-state index contributed by atoms with van der Waals surface area (Å²) in [6.45, 7) is -2.86. The van der Waals surface area contributed by atoms with Crippen LogP contribution < -0.4 is 10.1 Å². The highest BCUT2D eigenvalue weighted by Crippen LogP contribution is 2.26. The Morgan fingerprint density at radius 1 is 1.17 bits per heavy atom. The molecular formula is C16H10BrF2N3O2. The molecule has 2 aromatic carbocycles. The van der Waals surface area contributed by atoms with Crippen molar-refractivity contribution < 1.29 is 18.3 Å². The highest BCUT2D eigenvalue weighted by Gasteiger charge is 2.26. The number of nitrogens with one attached hydrogen (secondary N) is 1. The van der Waals surface area contributed by atoms with Crippen LogP contribution in [0, 0.1) is 0 Å². The second kappa shape index (κ2) is 6.88. The molecule has 1 aliphatic rings. The Morgan fingerprint density at radius 3 is 2.62 bits per heavy atom. The van der Waals surface area contributed by atoms with Gasteiger partial charge in [-0.05, 0) is 48.0 Å². The second-order valence-electron chi connectivity index (χ2n) is 4.78. The van der Waals surface area contributed by atoms with E-state index in [0.29, 0.717) is 16.8 Å². The third-order valence-electron chi connectivity index (χ3n) is 3.17. The molecule has 1 aliphatic heterocycles. The number of halogens is 3. The predicted octanol–water partition coefficient (Wildman–Crippen LogP) is 3.83. The molecule has 0 aromatic heterocycles. The maximum Gasteiger partial charge on any atom is 0.387 e. The fourth-order valence-electron chi connectivity index (χ4n) is 2.11. The lowest BCUT2D eigenvalue weighted by Gasteiger charge is -2.03. The summed E-state index contributed by atoms with van der Waals surface area (Å²) < 4.78 is 29.2. The van der Waals surface area contributed by atoms with E-state index in [4.69, 9.17) is 0 Å². The van der Waals surface area contributed by atoms with Gasteiger partial charge in [0, 0.05) is 10.0 Å². The summed E-state index contributed by atoms with van der Waals surface area (Å²) in [6.07, 6.45) is 1.42. The summed E-state index contributed by atoms with van der Waals surface area (Å²) in [7, 11) is 0. The number of rotatable bonds is 4. The van der Waals surface area contributed by atoms with Crippen molar-refractivity contribution in [3.63, 3.8) is 0 Å². The highest BCUT2D eigenvalue weighted by molar-refractivity contribution is 9.10. The Morgan fingerprint density at radius 2 is 1.92 bits per heavy atom. The molecule has 1 heterocycles. The summed E-state index contributed by atoms with van der Waals surface area (Å²) >= 11 is 3.34. The third kappa shape index (κ3) is 3.65. The zero-order chi connectivity index (χ0) is 17.1. The standard InChI is InChI=1S/C16H10BrF2N3O2/c17-10-3-6-13-12(7-10)14(15(23)21-13)22-20-8-9-1-4-11(5-2-9)24-16(18)19/h1-8,16H,(H,21,22,23). The highest BCUT2D eigenvalue weighted by atomic mass is 79.9. The van der Waals surface area contributed by atoms with Gasteiger partial charge in [-0.1, -0.05) is 15.9 Å². The molecule has 0 saturated carbocycles. The van der Waals surface area contributed by atoms with E-state index in [9.17, 15) is 13.6 Å². The zero-order valence-electron chi connectivity index (χ0n) is 12.0. The maximum atomic E-state index is 12.1. The van der Waals surface area contributed by atoms with Gasteiger partial charge in [0.05, 0.1) is 11.9 Å². The summed E-state index contributed by atoms with van der Waals surface area (Å²) in [5.74, 6) is -0.275. The molecule has 0 spiro atoms. The summed E-state index contributed by atoms with van der Waals surface area (Å²) in [5, 5.41) is 10.5. The molecule has 0 radical (unpaired) electrons. The average molecular weight is 394 g/mol. The van der Waals surface area contributed by atoms with Gasteiger partial charge in [0.2, 0.25) is 0 Å². The van der Waals surface area contributed by atoms with Gasteiger partial charge < -0.3 is 10.1 Å². The van der Waals surface area contributed by atoms with Crippen LogP contribution in [0.1, 0.15) is 11.1 Å². The Bertz CT molecular complexity index is 836. The first-order valence-corrected chi connectivity index (χ1v) is 7.59. The molecule has 0 aliphatic carbocycles. The molecule has 0 atom stereocenters. The molecule has 1 amide bonds. The van der Waals surface area contributed by atoms with E-state index < -0.39 is 6.61 Å². The molecule has 2 aromatic rings. The molecule has 5 nitrogen and oxygen atoms in total. The summed E-state index contributed by atoms with van der Waals surface area (Å²) in [5.41, 5.74) is 2.17. The fraction of sp³-hybridized carbons (Fsp3) is 0.0625. The van der Waals surface area contributed by atoms with Crippen LogP contribution in [-0.4, -0.2) is 24.4 Å². The van der Waals surface area contributed by atoms with Crippen LogP contribution >= 0.6 is 15.9 Å². The lowest BCUT2D eigenvalue weighted by atomic mass is 10.1. The molecule has 1 N–H and O–H groups in total. The van der Waals surface area contributed by atoms with Crippen molar-refractivity contribution in [1.29, 1.82) is 0 Å². The first-order valence-electron chi connectivity index (χ1n) is 6.80. The number of ether oxygens (including phenoxy) is 1. The largest absolute Gasteiger partial charge is 0.435 e. The van der Waals surface area contributed by atoms with Crippen LogP contribution in [0.25, 0.3) is 0 Å². The molecule has 122 valence electrons. The molecule has 8 heteroatoms. The Labute approximate surface area is 144 Å². The van der Waals surface area contributed by atoms with Crippen molar-refractivity contribution in [2.45, 2.75) is 6.61 Å². The number of carbonyl (C=O) groups is 1. The van der Waals surface area contributed by atoms with Crippen molar-refractivity contribution in [3.05, 3.63) is 58.1 Å². The maximum absolute atomic E-state index is 12.1. The van der Waals surface area contributed by atoms with E-state index in [0.717, 1.165) is 4.47 Å². The van der Waals surface area contributed by atoms with Crippen LogP contribution in [0.3, 0.4) is 0 Å². The first-order chi connectivity index (χ1) is 11.5. The van der Waals surface area contributed by atoms with Crippen LogP contribution in [0.4, 0.5) is 14.5 Å².